The Balaban J connectivity index is 6.01. The fourth-order valence-electron chi connectivity index (χ4n) is 0.891. The zero-order valence-electron chi connectivity index (χ0n) is 10.3. The van der Waals surface area contributed by atoms with Crippen molar-refractivity contribution in [2.75, 3.05) is 0 Å². The molecule has 2 nitrogen and oxygen atoms in total. The zero-order valence-corrected chi connectivity index (χ0v) is 10.3. The Morgan fingerprint density at radius 3 is 1.25 bits per heavy atom. The van der Waals surface area contributed by atoms with Crippen molar-refractivity contribution in [1.29, 1.82) is 0 Å². The summed E-state index contributed by atoms with van der Waals surface area (Å²) in [6, 6.07) is -3.01. The van der Waals surface area contributed by atoms with Crippen molar-refractivity contribution in [2.45, 2.75) is 36.3 Å². The molecule has 0 rings (SSSR count). The van der Waals surface area contributed by atoms with Crippen LogP contribution in [0.1, 0.15) is 0 Å². The summed E-state index contributed by atoms with van der Waals surface area (Å²) in [5, 5.41) is 0. The van der Waals surface area contributed by atoms with E-state index < -0.39 is 42.4 Å². The van der Waals surface area contributed by atoms with Gasteiger partial charge in [-0.25, -0.2) is 4.74 Å². The minimum atomic E-state index is -7.47. The summed E-state index contributed by atoms with van der Waals surface area (Å²) in [4.78, 5) is 0. The van der Waals surface area contributed by atoms with Crippen LogP contribution in [0.15, 0.2) is 12.6 Å². The van der Waals surface area contributed by atoms with Crippen LogP contribution in [0.3, 0.4) is 0 Å². The molecular weight excluding hydrogens is 394 g/mol. The first-order chi connectivity index (χ1) is 10.1. The molecule has 0 amide bonds. The summed E-state index contributed by atoms with van der Waals surface area (Å²) in [6.07, 6.45) is -29.1. The molecule has 0 saturated heterocycles. The van der Waals surface area contributed by atoms with Crippen molar-refractivity contribution in [3.8, 4) is 0 Å². The number of rotatable bonds is 6. The molecule has 24 heavy (non-hydrogen) atoms. The molecular formula is C8H2F14O2. The molecule has 0 saturated carbocycles. The predicted molar refractivity (Wildman–Crippen MR) is 43.2 cm³/mol. The van der Waals surface area contributed by atoms with Gasteiger partial charge < -0.3 is 4.74 Å². The van der Waals surface area contributed by atoms with Gasteiger partial charge >= 0.3 is 36.3 Å². The van der Waals surface area contributed by atoms with Gasteiger partial charge in [0.05, 0.1) is 0 Å². The summed E-state index contributed by atoms with van der Waals surface area (Å²) in [6.45, 7) is 1.72. The van der Waals surface area contributed by atoms with Crippen LogP contribution in [0.25, 0.3) is 0 Å². The SMILES string of the molecule is C=C(F)OC(F)(C(F)(F)F)C(F)(F)OC(F)(F)C(F)(F)C(F)(F)F. The minimum Gasteiger partial charge on any atom is -0.419 e. The van der Waals surface area contributed by atoms with E-state index in [0.29, 0.717) is 0 Å². The van der Waals surface area contributed by atoms with Crippen molar-refractivity contribution < 1.29 is 70.9 Å². The average molecular weight is 396 g/mol. The molecule has 0 aliphatic heterocycles. The van der Waals surface area contributed by atoms with E-state index in [-0.39, 0.29) is 0 Å². The highest BCUT2D eigenvalue weighted by Gasteiger charge is 2.83. The molecule has 0 spiro atoms. The molecule has 1 atom stereocenters. The van der Waals surface area contributed by atoms with Crippen LogP contribution in [-0.4, -0.2) is 36.3 Å². The van der Waals surface area contributed by atoms with Crippen molar-refractivity contribution in [3.63, 3.8) is 0 Å². The quantitative estimate of drug-likeness (QED) is 0.461. The van der Waals surface area contributed by atoms with E-state index in [9.17, 15) is 61.5 Å². The average Bonchev–Trinajstić information content (AvgIpc) is 2.22. The standard InChI is InChI=1S/C8H2F14O2/c1-2(9)23-4(12,6(16,17)18)8(21,22)24-7(19,20)3(10,11)5(13,14)15/h1H2. The molecule has 0 aromatic heterocycles. The Morgan fingerprint density at radius 1 is 0.625 bits per heavy atom. The maximum absolute atomic E-state index is 13.2. The highest BCUT2D eigenvalue weighted by molar-refractivity contribution is 4.93. The lowest BCUT2D eigenvalue weighted by Gasteiger charge is -2.36. The van der Waals surface area contributed by atoms with E-state index in [1.165, 1.54) is 4.74 Å². The van der Waals surface area contributed by atoms with Crippen LogP contribution in [0.2, 0.25) is 0 Å². The first-order valence-electron chi connectivity index (χ1n) is 4.82. The highest BCUT2D eigenvalue weighted by Crippen LogP contribution is 2.54. The third-order valence-corrected chi connectivity index (χ3v) is 1.97. The van der Waals surface area contributed by atoms with Gasteiger partial charge in [-0.2, -0.15) is 61.5 Å². The largest absolute Gasteiger partial charge is 0.470 e. The third kappa shape index (κ3) is 3.77. The number of alkyl halides is 13. The first-order valence-corrected chi connectivity index (χ1v) is 4.82. The Morgan fingerprint density at radius 2 is 1.00 bits per heavy atom. The Hall–Kier alpha value is -1.48. The van der Waals surface area contributed by atoms with Gasteiger partial charge in [-0.05, 0) is 6.58 Å². The van der Waals surface area contributed by atoms with Gasteiger partial charge in [-0.3, -0.25) is 0 Å². The molecule has 0 aliphatic rings. The number of halogens is 14. The number of ether oxygens (including phenoxy) is 2. The van der Waals surface area contributed by atoms with Gasteiger partial charge in [-0.15, -0.1) is 0 Å². The summed E-state index contributed by atoms with van der Waals surface area (Å²) in [7, 11) is 0. The smallest absolute Gasteiger partial charge is 0.419 e. The van der Waals surface area contributed by atoms with Crippen LogP contribution in [0.5, 0.6) is 0 Å². The topological polar surface area (TPSA) is 18.5 Å². The lowest BCUT2D eigenvalue weighted by molar-refractivity contribution is -0.527. The monoisotopic (exact) mass is 396 g/mol. The Labute approximate surface area is 121 Å². The van der Waals surface area contributed by atoms with Crippen LogP contribution >= 0.6 is 0 Å². The van der Waals surface area contributed by atoms with Crippen LogP contribution in [-0.2, 0) is 9.47 Å². The summed E-state index contributed by atoms with van der Waals surface area (Å²) < 4.78 is 176. The molecule has 144 valence electrons. The van der Waals surface area contributed by atoms with Crippen molar-refractivity contribution in [2.24, 2.45) is 0 Å². The van der Waals surface area contributed by atoms with E-state index in [2.05, 4.69) is 4.74 Å². The van der Waals surface area contributed by atoms with Gasteiger partial charge in [0, 0.05) is 0 Å². The second kappa shape index (κ2) is 5.80. The van der Waals surface area contributed by atoms with E-state index in [1.54, 1.807) is 6.58 Å². The molecule has 0 heterocycles. The summed E-state index contributed by atoms with van der Waals surface area (Å²) >= 11 is 0. The third-order valence-electron chi connectivity index (χ3n) is 1.97. The molecule has 16 heteroatoms. The van der Waals surface area contributed by atoms with Gasteiger partial charge in [-0.1, -0.05) is 0 Å². The minimum absolute atomic E-state index is 1.44. The number of hydrogen-bond acceptors (Lipinski definition) is 2. The molecule has 0 aliphatic carbocycles. The van der Waals surface area contributed by atoms with Crippen molar-refractivity contribution >= 4 is 0 Å². The summed E-state index contributed by atoms with van der Waals surface area (Å²) in [5.41, 5.74) is 0. The highest BCUT2D eigenvalue weighted by atomic mass is 19.4. The second-order valence-corrected chi connectivity index (χ2v) is 3.76. The van der Waals surface area contributed by atoms with Crippen molar-refractivity contribution in [1.82, 2.24) is 0 Å². The van der Waals surface area contributed by atoms with E-state index in [1.807, 2.05) is 0 Å². The molecule has 0 bridgehead atoms. The van der Waals surface area contributed by atoms with Gasteiger partial charge in [0.2, 0.25) is 0 Å². The molecule has 0 aromatic carbocycles. The maximum Gasteiger partial charge on any atom is 0.470 e. The zero-order chi connectivity index (χ0) is 20.0. The maximum atomic E-state index is 13.2. The Kier molecular flexibility index (Phi) is 5.44. The van der Waals surface area contributed by atoms with E-state index >= 15 is 0 Å². The molecule has 0 aromatic rings. The van der Waals surface area contributed by atoms with Crippen LogP contribution in [0.4, 0.5) is 61.5 Å². The van der Waals surface area contributed by atoms with Gasteiger partial charge in [0.25, 0.3) is 6.01 Å². The molecule has 0 radical (unpaired) electrons. The van der Waals surface area contributed by atoms with Crippen molar-refractivity contribution in [3.05, 3.63) is 12.6 Å². The lowest BCUT2D eigenvalue weighted by Crippen LogP contribution is -2.63. The van der Waals surface area contributed by atoms with Crippen LogP contribution < -0.4 is 0 Å². The molecule has 0 fully saturated rings. The molecule has 0 N–H and O–H groups in total. The van der Waals surface area contributed by atoms with Gasteiger partial charge in [0.1, 0.15) is 0 Å². The predicted octanol–water partition coefficient (Wildman–Crippen LogP) is 5.07. The number of hydrogen-bond donors (Lipinski definition) is 0. The normalized spacial score (nSPS) is 17.4. The van der Waals surface area contributed by atoms with E-state index in [0.717, 1.165) is 0 Å². The summed E-state index contributed by atoms with van der Waals surface area (Å²) in [5.74, 6) is -14.4. The molecule has 1 unspecified atom stereocenters. The van der Waals surface area contributed by atoms with Gasteiger partial charge in [0.15, 0.2) is 0 Å². The fraction of sp³-hybridized carbons (Fsp3) is 0.750. The fourth-order valence-corrected chi connectivity index (χ4v) is 0.891. The second-order valence-electron chi connectivity index (χ2n) is 3.76. The first kappa shape index (κ1) is 22.5. The Bertz CT molecular complexity index is 476. The van der Waals surface area contributed by atoms with E-state index in [4.69, 9.17) is 0 Å². The van der Waals surface area contributed by atoms with Crippen LogP contribution in [0, 0.1) is 0 Å². The lowest BCUT2D eigenvalue weighted by atomic mass is 10.2.